The van der Waals surface area contributed by atoms with Gasteiger partial charge in [0.05, 0.1) is 12.7 Å². The number of carbonyl (C=O) groups excluding carboxylic acids is 2. The van der Waals surface area contributed by atoms with Crippen LogP contribution in [0.1, 0.15) is 29.6 Å². The zero-order valence-electron chi connectivity index (χ0n) is 10.9. The topological polar surface area (TPSA) is 107 Å². The average Bonchev–Trinajstić information content (AvgIpc) is 2.37. The van der Waals surface area contributed by atoms with E-state index in [0.29, 0.717) is 42.8 Å². The van der Waals surface area contributed by atoms with Crippen molar-refractivity contribution in [2.24, 2.45) is 5.73 Å². The van der Waals surface area contributed by atoms with Gasteiger partial charge >= 0.3 is 0 Å². The van der Waals surface area contributed by atoms with Gasteiger partial charge in [-0.05, 0) is 31.0 Å². The molecule has 1 rings (SSSR count). The molecule has 6 nitrogen and oxygen atoms in total. The van der Waals surface area contributed by atoms with Gasteiger partial charge in [0.1, 0.15) is 5.75 Å². The Balaban J connectivity index is 2.49. The normalized spacial score (nSPS) is 9.95. The molecule has 2 amide bonds. The SMILES string of the molecule is COc1ccc(N)cc1C(=O)NCCCCC(N)=O. The summed E-state index contributed by atoms with van der Waals surface area (Å²) in [6.07, 6.45) is 1.68. The van der Waals surface area contributed by atoms with Crippen molar-refractivity contribution >= 4 is 17.5 Å². The summed E-state index contributed by atoms with van der Waals surface area (Å²) in [6.45, 7) is 0.476. The van der Waals surface area contributed by atoms with Crippen LogP contribution in [-0.4, -0.2) is 25.5 Å². The van der Waals surface area contributed by atoms with Gasteiger partial charge in [-0.1, -0.05) is 0 Å². The zero-order valence-corrected chi connectivity index (χ0v) is 10.9. The first-order valence-corrected chi connectivity index (χ1v) is 6.04. The Bertz CT molecular complexity index is 460. The molecule has 0 radical (unpaired) electrons. The number of nitrogens with one attached hydrogen (secondary N) is 1. The average molecular weight is 265 g/mol. The Morgan fingerprint density at radius 1 is 1.32 bits per heavy atom. The highest BCUT2D eigenvalue weighted by molar-refractivity contribution is 5.97. The first kappa shape index (κ1) is 14.8. The highest BCUT2D eigenvalue weighted by atomic mass is 16.5. The number of hydrogen-bond donors (Lipinski definition) is 3. The van der Waals surface area contributed by atoms with Crippen LogP contribution in [-0.2, 0) is 4.79 Å². The maximum absolute atomic E-state index is 11.9. The predicted octanol–water partition coefficient (Wildman–Crippen LogP) is 0.663. The molecule has 1 aromatic rings. The number of hydrogen-bond acceptors (Lipinski definition) is 4. The van der Waals surface area contributed by atoms with Crippen molar-refractivity contribution in [3.63, 3.8) is 0 Å². The molecule has 0 unspecified atom stereocenters. The predicted molar refractivity (Wildman–Crippen MR) is 72.8 cm³/mol. The fraction of sp³-hybridized carbons (Fsp3) is 0.385. The standard InChI is InChI=1S/C13H19N3O3/c1-19-11-6-5-9(14)8-10(11)13(18)16-7-3-2-4-12(15)17/h5-6,8H,2-4,7,14H2,1H3,(H2,15,17)(H,16,18). The number of methoxy groups -OCH3 is 1. The van der Waals surface area contributed by atoms with E-state index in [0.717, 1.165) is 0 Å². The van der Waals surface area contributed by atoms with Crippen molar-refractivity contribution in [3.05, 3.63) is 23.8 Å². The summed E-state index contributed by atoms with van der Waals surface area (Å²) in [5.41, 5.74) is 11.6. The van der Waals surface area contributed by atoms with Crippen LogP contribution in [0, 0.1) is 0 Å². The lowest BCUT2D eigenvalue weighted by atomic mass is 10.1. The second-order valence-electron chi connectivity index (χ2n) is 4.14. The summed E-state index contributed by atoms with van der Waals surface area (Å²) in [5.74, 6) is -0.101. The van der Waals surface area contributed by atoms with Gasteiger partial charge in [0, 0.05) is 18.7 Å². The van der Waals surface area contributed by atoms with Gasteiger partial charge in [-0.15, -0.1) is 0 Å². The smallest absolute Gasteiger partial charge is 0.255 e. The zero-order chi connectivity index (χ0) is 14.3. The largest absolute Gasteiger partial charge is 0.496 e. The van der Waals surface area contributed by atoms with Crippen molar-refractivity contribution in [2.45, 2.75) is 19.3 Å². The second kappa shape index (κ2) is 7.25. The third-order valence-corrected chi connectivity index (χ3v) is 2.60. The number of ether oxygens (including phenoxy) is 1. The number of nitrogens with two attached hydrogens (primary N) is 2. The van der Waals surface area contributed by atoms with Crippen molar-refractivity contribution in [1.82, 2.24) is 5.32 Å². The molecule has 0 spiro atoms. The lowest BCUT2D eigenvalue weighted by Crippen LogP contribution is -2.25. The molecule has 0 atom stereocenters. The number of amides is 2. The molecule has 0 heterocycles. The van der Waals surface area contributed by atoms with E-state index in [1.807, 2.05) is 0 Å². The Kier molecular flexibility index (Phi) is 5.66. The minimum Gasteiger partial charge on any atom is -0.496 e. The first-order chi connectivity index (χ1) is 9.04. The third kappa shape index (κ3) is 4.87. The van der Waals surface area contributed by atoms with Crippen molar-refractivity contribution in [3.8, 4) is 5.75 Å². The summed E-state index contributed by atoms with van der Waals surface area (Å²) in [5, 5.41) is 2.75. The molecule has 0 saturated carbocycles. The van der Waals surface area contributed by atoms with E-state index in [1.165, 1.54) is 7.11 Å². The maximum atomic E-state index is 11.9. The van der Waals surface area contributed by atoms with Gasteiger partial charge in [-0.2, -0.15) is 0 Å². The van der Waals surface area contributed by atoms with Crippen LogP contribution in [0.3, 0.4) is 0 Å². The second-order valence-corrected chi connectivity index (χ2v) is 4.14. The lowest BCUT2D eigenvalue weighted by molar-refractivity contribution is -0.118. The molecule has 6 heteroatoms. The maximum Gasteiger partial charge on any atom is 0.255 e. The molecule has 5 N–H and O–H groups in total. The molecule has 0 aliphatic carbocycles. The van der Waals surface area contributed by atoms with Crippen LogP contribution in [0.5, 0.6) is 5.75 Å². The van der Waals surface area contributed by atoms with Crippen LogP contribution in [0.2, 0.25) is 0 Å². The van der Waals surface area contributed by atoms with Crippen LogP contribution in [0.25, 0.3) is 0 Å². The van der Waals surface area contributed by atoms with E-state index in [1.54, 1.807) is 18.2 Å². The summed E-state index contributed by atoms with van der Waals surface area (Å²) in [6, 6.07) is 4.89. The molecule has 104 valence electrons. The molecule has 0 aliphatic heterocycles. The van der Waals surface area contributed by atoms with Gasteiger partial charge in [-0.3, -0.25) is 9.59 Å². The molecule has 19 heavy (non-hydrogen) atoms. The first-order valence-electron chi connectivity index (χ1n) is 6.04. The Labute approximate surface area is 112 Å². The molecule has 0 saturated heterocycles. The van der Waals surface area contributed by atoms with Crippen LogP contribution in [0.15, 0.2) is 18.2 Å². The van der Waals surface area contributed by atoms with E-state index in [-0.39, 0.29) is 11.8 Å². The van der Waals surface area contributed by atoms with E-state index in [4.69, 9.17) is 16.2 Å². The van der Waals surface area contributed by atoms with E-state index in [9.17, 15) is 9.59 Å². The van der Waals surface area contributed by atoms with E-state index < -0.39 is 0 Å². The lowest BCUT2D eigenvalue weighted by Gasteiger charge is -2.09. The minimum atomic E-state index is -0.330. The van der Waals surface area contributed by atoms with E-state index in [2.05, 4.69) is 5.32 Å². The number of nitrogen functional groups attached to an aromatic ring is 1. The van der Waals surface area contributed by atoms with Crippen molar-refractivity contribution in [1.29, 1.82) is 0 Å². The molecule has 0 fully saturated rings. The minimum absolute atomic E-state index is 0.247. The molecule has 0 aliphatic rings. The molecule has 1 aromatic carbocycles. The Morgan fingerprint density at radius 2 is 2.05 bits per heavy atom. The van der Waals surface area contributed by atoms with Gasteiger partial charge in [0.25, 0.3) is 5.91 Å². The summed E-state index contributed by atoms with van der Waals surface area (Å²) in [4.78, 5) is 22.5. The molecule has 0 aromatic heterocycles. The number of primary amides is 1. The molecular formula is C13H19N3O3. The van der Waals surface area contributed by atoms with Gasteiger partial charge in [0.2, 0.25) is 5.91 Å². The molecule has 0 bridgehead atoms. The highest BCUT2D eigenvalue weighted by Crippen LogP contribution is 2.20. The quantitative estimate of drug-likeness (QED) is 0.497. The Hall–Kier alpha value is -2.24. The molecular weight excluding hydrogens is 246 g/mol. The van der Waals surface area contributed by atoms with Gasteiger partial charge < -0.3 is 21.5 Å². The van der Waals surface area contributed by atoms with Crippen LogP contribution in [0.4, 0.5) is 5.69 Å². The van der Waals surface area contributed by atoms with Crippen molar-refractivity contribution < 1.29 is 14.3 Å². The fourth-order valence-electron chi connectivity index (χ4n) is 1.62. The number of anilines is 1. The highest BCUT2D eigenvalue weighted by Gasteiger charge is 2.11. The number of unbranched alkanes of at least 4 members (excludes halogenated alkanes) is 1. The third-order valence-electron chi connectivity index (χ3n) is 2.60. The van der Waals surface area contributed by atoms with Crippen LogP contribution >= 0.6 is 0 Å². The monoisotopic (exact) mass is 265 g/mol. The van der Waals surface area contributed by atoms with Gasteiger partial charge in [-0.25, -0.2) is 0 Å². The summed E-state index contributed by atoms with van der Waals surface area (Å²) in [7, 11) is 1.50. The number of benzene rings is 1. The van der Waals surface area contributed by atoms with Crippen molar-refractivity contribution in [2.75, 3.05) is 19.4 Å². The number of rotatable bonds is 7. The Morgan fingerprint density at radius 3 is 2.68 bits per heavy atom. The summed E-state index contributed by atoms with van der Waals surface area (Å²) < 4.78 is 5.10. The van der Waals surface area contributed by atoms with E-state index >= 15 is 0 Å². The number of carbonyl (C=O) groups is 2. The fourth-order valence-corrected chi connectivity index (χ4v) is 1.62. The van der Waals surface area contributed by atoms with Crippen LogP contribution < -0.4 is 21.5 Å². The summed E-state index contributed by atoms with van der Waals surface area (Å²) >= 11 is 0. The van der Waals surface area contributed by atoms with Gasteiger partial charge in [0.15, 0.2) is 0 Å².